The lowest BCUT2D eigenvalue weighted by Gasteiger charge is -2.31. The lowest BCUT2D eigenvalue weighted by Crippen LogP contribution is -2.50. The molecule has 0 heterocycles. The number of ether oxygens (including phenoxy) is 2. The van der Waals surface area contributed by atoms with E-state index in [0.717, 1.165) is 19.3 Å². The van der Waals surface area contributed by atoms with E-state index in [9.17, 15) is 14.9 Å². The van der Waals surface area contributed by atoms with Crippen LogP contribution in [0.5, 0.6) is 5.75 Å². The predicted octanol–water partition coefficient (Wildman–Crippen LogP) is 2.58. The summed E-state index contributed by atoms with van der Waals surface area (Å²) < 4.78 is 10.3. The van der Waals surface area contributed by atoms with Crippen LogP contribution in [-0.4, -0.2) is 30.6 Å². The van der Waals surface area contributed by atoms with Gasteiger partial charge in [-0.25, -0.2) is 4.79 Å². The van der Waals surface area contributed by atoms with Crippen molar-refractivity contribution in [3.05, 3.63) is 29.8 Å². The normalized spacial score (nSPS) is 15.8. The molecule has 1 fully saturated rings. The average Bonchev–Trinajstić information content (AvgIpc) is 2.61. The first-order chi connectivity index (χ1) is 11.6. The van der Waals surface area contributed by atoms with Crippen molar-refractivity contribution in [2.75, 3.05) is 13.2 Å². The van der Waals surface area contributed by atoms with E-state index in [4.69, 9.17) is 9.47 Å². The summed E-state index contributed by atoms with van der Waals surface area (Å²) in [4.78, 5) is 23.6. The molecule has 0 atom stereocenters. The molecule has 24 heavy (non-hydrogen) atoms. The molecule has 1 aliphatic carbocycles. The number of carbonyl (C=O) groups excluding carboxylic acids is 2. The molecule has 6 heteroatoms. The lowest BCUT2D eigenvalue weighted by molar-refractivity contribution is -0.124. The van der Waals surface area contributed by atoms with Crippen LogP contribution in [0.4, 0.5) is 0 Å². The second-order valence-corrected chi connectivity index (χ2v) is 5.84. The Morgan fingerprint density at radius 2 is 1.88 bits per heavy atom. The molecule has 1 aromatic rings. The van der Waals surface area contributed by atoms with Crippen LogP contribution < -0.4 is 10.1 Å². The number of hydrogen-bond acceptors (Lipinski definition) is 5. The number of nitrogens with one attached hydrogen (secondary N) is 1. The number of nitrogens with zero attached hydrogens (tertiary/aromatic N) is 1. The second kappa shape index (κ2) is 8.34. The summed E-state index contributed by atoms with van der Waals surface area (Å²) in [5.41, 5.74) is -0.328. The molecule has 1 aliphatic rings. The van der Waals surface area contributed by atoms with Crippen molar-refractivity contribution in [3.8, 4) is 11.8 Å². The first kappa shape index (κ1) is 17.8. The van der Waals surface area contributed by atoms with Crippen LogP contribution in [0, 0.1) is 11.3 Å². The van der Waals surface area contributed by atoms with Crippen molar-refractivity contribution in [2.45, 2.75) is 44.6 Å². The van der Waals surface area contributed by atoms with Crippen LogP contribution in [-0.2, 0) is 9.53 Å². The number of esters is 1. The third-order valence-corrected chi connectivity index (χ3v) is 4.04. The summed E-state index contributed by atoms with van der Waals surface area (Å²) in [6.07, 6.45) is 4.36. The highest BCUT2D eigenvalue weighted by atomic mass is 16.5. The Balaban J connectivity index is 1.85. The summed E-state index contributed by atoms with van der Waals surface area (Å²) in [6.45, 7) is 1.90. The van der Waals surface area contributed by atoms with Gasteiger partial charge < -0.3 is 14.8 Å². The van der Waals surface area contributed by atoms with Crippen LogP contribution in [0.1, 0.15) is 49.4 Å². The van der Waals surface area contributed by atoms with Gasteiger partial charge in [-0.1, -0.05) is 19.3 Å². The maximum atomic E-state index is 12.0. The topological polar surface area (TPSA) is 88.4 Å². The van der Waals surface area contributed by atoms with E-state index < -0.39 is 11.5 Å². The van der Waals surface area contributed by atoms with Gasteiger partial charge in [0.2, 0.25) is 0 Å². The van der Waals surface area contributed by atoms with Gasteiger partial charge in [0.15, 0.2) is 6.61 Å². The quantitative estimate of drug-likeness (QED) is 0.810. The van der Waals surface area contributed by atoms with Gasteiger partial charge in [-0.3, -0.25) is 4.79 Å². The summed E-state index contributed by atoms with van der Waals surface area (Å²) >= 11 is 0. The van der Waals surface area contributed by atoms with Gasteiger partial charge in [0, 0.05) is 0 Å². The minimum Gasteiger partial charge on any atom is -0.484 e. The zero-order chi connectivity index (χ0) is 17.4. The molecule has 0 unspecified atom stereocenters. The molecule has 1 saturated carbocycles. The molecule has 2 rings (SSSR count). The number of benzene rings is 1. The van der Waals surface area contributed by atoms with E-state index >= 15 is 0 Å². The monoisotopic (exact) mass is 330 g/mol. The summed E-state index contributed by atoms with van der Waals surface area (Å²) in [5.74, 6) is -0.226. The van der Waals surface area contributed by atoms with Gasteiger partial charge in [-0.15, -0.1) is 0 Å². The molecule has 1 N–H and O–H groups in total. The fraction of sp³-hybridized carbons (Fsp3) is 0.500. The zero-order valence-electron chi connectivity index (χ0n) is 13.8. The van der Waals surface area contributed by atoms with E-state index in [2.05, 4.69) is 11.4 Å². The highest BCUT2D eigenvalue weighted by Crippen LogP contribution is 2.27. The highest BCUT2D eigenvalue weighted by molar-refractivity contribution is 5.89. The van der Waals surface area contributed by atoms with Crippen LogP contribution in [0.3, 0.4) is 0 Å². The van der Waals surface area contributed by atoms with Crippen molar-refractivity contribution in [1.29, 1.82) is 5.26 Å². The third-order valence-electron chi connectivity index (χ3n) is 4.04. The highest BCUT2D eigenvalue weighted by Gasteiger charge is 2.33. The van der Waals surface area contributed by atoms with Crippen molar-refractivity contribution < 1.29 is 19.1 Å². The van der Waals surface area contributed by atoms with E-state index in [1.54, 1.807) is 31.2 Å². The Morgan fingerprint density at radius 3 is 2.46 bits per heavy atom. The predicted molar refractivity (Wildman–Crippen MR) is 87.5 cm³/mol. The maximum Gasteiger partial charge on any atom is 0.338 e. The van der Waals surface area contributed by atoms with Gasteiger partial charge in [0.25, 0.3) is 5.91 Å². The molecule has 0 bridgehead atoms. The Bertz CT molecular complexity index is 613. The molecule has 0 spiro atoms. The van der Waals surface area contributed by atoms with Gasteiger partial charge >= 0.3 is 5.97 Å². The molecule has 128 valence electrons. The molecule has 0 aromatic heterocycles. The molecular formula is C18H22N2O4. The van der Waals surface area contributed by atoms with Gasteiger partial charge in [0.05, 0.1) is 18.2 Å². The molecule has 0 saturated heterocycles. The maximum absolute atomic E-state index is 12.0. The summed E-state index contributed by atoms with van der Waals surface area (Å²) in [7, 11) is 0. The van der Waals surface area contributed by atoms with Gasteiger partial charge in [-0.2, -0.15) is 5.26 Å². The Hall–Kier alpha value is -2.55. The van der Waals surface area contributed by atoms with Crippen molar-refractivity contribution >= 4 is 11.9 Å². The standard InChI is InChI=1S/C18H22N2O4/c1-2-23-17(22)14-6-8-15(9-7-14)24-12-16(21)20-18(13-19)10-4-3-5-11-18/h6-9H,2-5,10-12H2,1H3,(H,20,21). The second-order valence-electron chi connectivity index (χ2n) is 5.84. The third kappa shape index (κ3) is 4.72. The van der Waals surface area contributed by atoms with E-state index in [1.807, 2.05) is 0 Å². The fourth-order valence-electron chi connectivity index (χ4n) is 2.77. The number of rotatable bonds is 6. The number of nitriles is 1. The van der Waals surface area contributed by atoms with Crippen LogP contribution in [0.2, 0.25) is 0 Å². The first-order valence-electron chi connectivity index (χ1n) is 8.21. The molecule has 1 amide bonds. The van der Waals surface area contributed by atoms with E-state index in [1.165, 1.54) is 0 Å². The first-order valence-corrected chi connectivity index (χ1v) is 8.21. The van der Waals surface area contributed by atoms with E-state index in [-0.39, 0.29) is 12.5 Å². The van der Waals surface area contributed by atoms with Crippen LogP contribution in [0.15, 0.2) is 24.3 Å². The Labute approximate surface area is 141 Å². The average molecular weight is 330 g/mol. The van der Waals surface area contributed by atoms with E-state index in [0.29, 0.717) is 30.8 Å². The lowest BCUT2D eigenvalue weighted by atomic mass is 9.83. The van der Waals surface area contributed by atoms with Gasteiger partial charge in [-0.05, 0) is 44.0 Å². The summed E-state index contributed by atoms with van der Waals surface area (Å²) in [5, 5.41) is 12.2. The fourth-order valence-corrected chi connectivity index (χ4v) is 2.77. The Morgan fingerprint density at radius 1 is 1.21 bits per heavy atom. The van der Waals surface area contributed by atoms with Gasteiger partial charge in [0.1, 0.15) is 11.3 Å². The minimum absolute atomic E-state index is 0.165. The van der Waals surface area contributed by atoms with Crippen LogP contribution >= 0.6 is 0 Å². The molecular weight excluding hydrogens is 308 g/mol. The molecule has 0 radical (unpaired) electrons. The van der Waals surface area contributed by atoms with Crippen LogP contribution in [0.25, 0.3) is 0 Å². The molecule has 0 aliphatic heterocycles. The van der Waals surface area contributed by atoms with Crippen molar-refractivity contribution in [3.63, 3.8) is 0 Å². The van der Waals surface area contributed by atoms with Crippen molar-refractivity contribution in [2.24, 2.45) is 0 Å². The minimum atomic E-state index is -0.757. The number of amides is 1. The number of hydrogen-bond donors (Lipinski definition) is 1. The smallest absolute Gasteiger partial charge is 0.338 e. The van der Waals surface area contributed by atoms with Crippen molar-refractivity contribution in [1.82, 2.24) is 5.32 Å². The Kier molecular flexibility index (Phi) is 6.19. The molecule has 1 aromatic carbocycles. The zero-order valence-corrected chi connectivity index (χ0v) is 13.8. The molecule has 6 nitrogen and oxygen atoms in total. The summed E-state index contributed by atoms with van der Waals surface area (Å²) in [6, 6.07) is 8.64. The number of carbonyl (C=O) groups is 2. The largest absolute Gasteiger partial charge is 0.484 e. The SMILES string of the molecule is CCOC(=O)c1ccc(OCC(=O)NC2(C#N)CCCCC2)cc1.